The Labute approximate surface area is 112 Å². The van der Waals surface area contributed by atoms with E-state index in [-0.39, 0.29) is 13.1 Å². The zero-order chi connectivity index (χ0) is 14.3. The van der Waals surface area contributed by atoms with Crippen LogP contribution in [0.4, 0.5) is 0 Å². The minimum atomic E-state index is -0.919. The normalized spacial score (nSPS) is 10.0. The minimum Gasteiger partial charge on any atom is -0.497 e. The van der Waals surface area contributed by atoms with Crippen molar-refractivity contribution < 1.29 is 19.4 Å². The second-order valence-corrected chi connectivity index (χ2v) is 3.92. The lowest BCUT2D eigenvalue weighted by molar-refractivity contribution is -0.138. The highest BCUT2D eigenvalue weighted by atomic mass is 16.5. The summed E-state index contributed by atoms with van der Waals surface area (Å²) in [5, 5.41) is 8.85. The van der Waals surface area contributed by atoms with Crippen LogP contribution in [0.25, 0.3) is 0 Å². The summed E-state index contributed by atoms with van der Waals surface area (Å²) in [6.45, 7) is 0.522. The maximum Gasteiger partial charge on any atom is 0.317 e. The van der Waals surface area contributed by atoms with Crippen LogP contribution in [0.15, 0.2) is 18.2 Å². The molecule has 0 unspecified atom stereocenters. The van der Waals surface area contributed by atoms with E-state index in [0.29, 0.717) is 18.0 Å². The van der Waals surface area contributed by atoms with Crippen molar-refractivity contribution in [3.8, 4) is 23.8 Å². The summed E-state index contributed by atoms with van der Waals surface area (Å²) >= 11 is 0. The number of hydrogen-bond donors (Lipinski definition) is 1. The predicted molar refractivity (Wildman–Crippen MR) is 71.3 cm³/mol. The van der Waals surface area contributed by atoms with Gasteiger partial charge in [-0.1, -0.05) is 5.92 Å². The maximum absolute atomic E-state index is 10.8. The molecule has 1 aromatic rings. The van der Waals surface area contributed by atoms with Gasteiger partial charge in [0, 0.05) is 12.1 Å². The molecule has 1 aromatic carbocycles. The Morgan fingerprint density at radius 3 is 2.68 bits per heavy atom. The summed E-state index contributed by atoms with van der Waals surface area (Å²) in [4.78, 5) is 12.4. The summed E-state index contributed by atoms with van der Waals surface area (Å²) in [6, 6.07) is 5.37. The van der Waals surface area contributed by atoms with E-state index in [1.165, 1.54) is 0 Å². The van der Waals surface area contributed by atoms with Crippen molar-refractivity contribution in [1.82, 2.24) is 4.90 Å². The summed E-state index contributed by atoms with van der Waals surface area (Å²) in [5.74, 6) is 2.89. The molecule has 0 saturated heterocycles. The third-order valence-electron chi connectivity index (χ3n) is 2.56. The van der Waals surface area contributed by atoms with Gasteiger partial charge in [-0.25, -0.2) is 0 Å². The maximum atomic E-state index is 10.8. The van der Waals surface area contributed by atoms with Crippen molar-refractivity contribution in [2.45, 2.75) is 6.54 Å². The van der Waals surface area contributed by atoms with E-state index in [1.54, 1.807) is 31.3 Å². The molecule has 0 spiro atoms. The molecular weight excluding hydrogens is 246 g/mol. The first-order chi connectivity index (χ1) is 9.10. The molecule has 0 radical (unpaired) electrons. The SMILES string of the molecule is C#CCN(CC(=O)O)Cc1cc(OC)ccc1OC. The molecule has 0 atom stereocenters. The van der Waals surface area contributed by atoms with Gasteiger partial charge in [-0.05, 0) is 18.2 Å². The number of terminal acetylenes is 1. The fourth-order valence-electron chi connectivity index (χ4n) is 1.73. The summed E-state index contributed by atoms with van der Waals surface area (Å²) in [5.41, 5.74) is 0.832. The smallest absolute Gasteiger partial charge is 0.317 e. The van der Waals surface area contributed by atoms with Crippen LogP contribution >= 0.6 is 0 Å². The summed E-state index contributed by atoms with van der Waals surface area (Å²) in [7, 11) is 3.13. The fraction of sp³-hybridized carbons (Fsp3) is 0.357. The first kappa shape index (κ1) is 14.9. The van der Waals surface area contributed by atoms with E-state index in [0.717, 1.165) is 5.56 Å². The van der Waals surface area contributed by atoms with Gasteiger partial charge in [0.1, 0.15) is 11.5 Å². The number of hydrogen-bond acceptors (Lipinski definition) is 4. The summed E-state index contributed by atoms with van der Waals surface area (Å²) < 4.78 is 10.4. The molecule has 0 heterocycles. The Hall–Kier alpha value is -2.19. The Balaban J connectivity index is 2.93. The molecule has 0 aliphatic rings. The van der Waals surface area contributed by atoms with Gasteiger partial charge in [-0.2, -0.15) is 0 Å². The van der Waals surface area contributed by atoms with Crippen LogP contribution in [0.1, 0.15) is 5.56 Å². The monoisotopic (exact) mass is 263 g/mol. The number of ether oxygens (including phenoxy) is 2. The van der Waals surface area contributed by atoms with Crippen molar-refractivity contribution in [2.75, 3.05) is 27.3 Å². The van der Waals surface area contributed by atoms with Gasteiger partial charge in [0.25, 0.3) is 0 Å². The zero-order valence-electron chi connectivity index (χ0n) is 11.0. The van der Waals surface area contributed by atoms with Crippen LogP contribution in [0, 0.1) is 12.3 Å². The van der Waals surface area contributed by atoms with Gasteiger partial charge < -0.3 is 14.6 Å². The molecule has 0 aliphatic heterocycles. The van der Waals surface area contributed by atoms with Gasteiger partial charge in [0.15, 0.2) is 0 Å². The molecule has 19 heavy (non-hydrogen) atoms. The van der Waals surface area contributed by atoms with Crippen LogP contribution in [0.5, 0.6) is 11.5 Å². The number of carboxylic acids is 1. The lowest BCUT2D eigenvalue weighted by Gasteiger charge is -2.19. The van der Waals surface area contributed by atoms with E-state index in [2.05, 4.69) is 5.92 Å². The molecular formula is C14H17NO4. The second kappa shape index (κ2) is 7.29. The molecule has 0 bridgehead atoms. The van der Waals surface area contributed by atoms with E-state index in [4.69, 9.17) is 21.0 Å². The Bertz CT molecular complexity index is 479. The van der Waals surface area contributed by atoms with Crippen LogP contribution < -0.4 is 9.47 Å². The predicted octanol–water partition coefficient (Wildman–Crippen LogP) is 1.22. The highest BCUT2D eigenvalue weighted by Crippen LogP contribution is 2.25. The summed E-state index contributed by atoms with van der Waals surface area (Å²) in [6.07, 6.45) is 5.24. The topological polar surface area (TPSA) is 59.0 Å². The number of benzene rings is 1. The number of carboxylic acid groups (broad SMARTS) is 1. The number of methoxy groups -OCH3 is 2. The van der Waals surface area contributed by atoms with E-state index in [9.17, 15) is 4.79 Å². The third-order valence-corrected chi connectivity index (χ3v) is 2.56. The number of aliphatic carboxylic acids is 1. The van der Waals surface area contributed by atoms with Gasteiger partial charge in [0.2, 0.25) is 0 Å². The Kier molecular flexibility index (Phi) is 5.71. The molecule has 0 saturated carbocycles. The van der Waals surface area contributed by atoms with Gasteiger partial charge in [0.05, 0.1) is 27.3 Å². The van der Waals surface area contributed by atoms with Crippen LogP contribution in [-0.4, -0.2) is 43.3 Å². The molecule has 0 aliphatic carbocycles. The van der Waals surface area contributed by atoms with Gasteiger partial charge in [-0.15, -0.1) is 6.42 Å². The lowest BCUT2D eigenvalue weighted by Crippen LogP contribution is -2.29. The standard InChI is InChI=1S/C14H17NO4/c1-4-7-15(10-14(16)17)9-11-8-12(18-2)5-6-13(11)19-3/h1,5-6,8H,7,9-10H2,2-3H3,(H,16,17). The number of carbonyl (C=O) groups is 1. The molecule has 5 nitrogen and oxygen atoms in total. The largest absolute Gasteiger partial charge is 0.497 e. The third kappa shape index (κ3) is 4.53. The Morgan fingerprint density at radius 1 is 1.42 bits per heavy atom. The molecule has 1 rings (SSSR count). The van der Waals surface area contributed by atoms with Crippen LogP contribution in [0.3, 0.4) is 0 Å². The van der Waals surface area contributed by atoms with E-state index >= 15 is 0 Å². The van der Waals surface area contributed by atoms with E-state index < -0.39 is 5.97 Å². The van der Waals surface area contributed by atoms with Crippen molar-refractivity contribution in [3.05, 3.63) is 23.8 Å². The molecule has 0 amide bonds. The molecule has 1 N–H and O–H groups in total. The fourth-order valence-corrected chi connectivity index (χ4v) is 1.73. The van der Waals surface area contributed by atoms with Gasteiger partial charge >= 0.3 is 5.97 Å². The minimum absolute atomic E-state index is 0.120. The van der Waals surface area contributed by atoms with E-state index in [1.807, 2.05) is 6.07 Å². The zero-order valence-corrected chi connectivity index (χ0v) is 11.0. The first-order valence-electron chi connectivity index (χ1n) is 5.69. The van der Waals surface area contributed by atoms with Crippen LogP contribution in [-0.2, 0) is 11.3 Å². The number of nitrogens with zero attached hydrogens (tertiary/aromatic N) is 1. The molecule has 5 heteroatoms. The molecule has 0 fully saturated rings. The van der Waals surface area contributed by atoms with Gasteiger partial charge in [-0.3, -0.25) is 9.69 Å². The lowest BCUT2D eigenvalue weighted by atomic mass is 10.1. The highest BCUT2D eigenvalue weighted by molar-refractivity contribution is 5.69. The average molecular weight is 263 g/mol. The molecule has 102 valence electrons. The van der Waals surface area contributed by atoms with Crippen molar-refractivity contribution in [2.24, 2.45) is 0 Å². The van der Waals surface area contributed by atoms with Crippen LogP contribution in [0.2, 0.25) is 0 Å². The second-order valence-electron chi connectivity index (χ2n) is 3.92. The first-order valence-corrected chi connectivity index (χ1v) is 5.69. The highest BCUT2D eigenvalue weighted by Gasteiger charge is 2.13. The average Bonchev–Trinajstić information content (AvgIpc) is 2.38. The molecule has 0 aromatic heterocycles. The number of rotatable bonds is 7. The van der Waals surface area contributed by atoms with Crippen molar-refractivity contribution in [3.63, 3.8) is 0 Å². The van der Waals surface area contributed by atoms with Crippen molar-refractivity contribution in [1.29, 1.82) is 0 Å². The van der Waals surface area contributed by atoms with Crippen molar-refractivity contribution >= 4 is 5.97 Å². The Morgan fingerprint density at radius 2 is 2.16 bits per heavy atom. The quantitative estimate of drug-likeness (QED) is 0.750.